The van der Waals surface area contributed by atoms with E-state index >= 15 is 0 Å². The van der Waals surface area contributed by atoms with Crippen LogP contribution in [-0.2, 0) is 0 Å². The highest BCUT2D eigenvalue weighted by atomic mass is 16.1. The SMILES string of the molecule is CC[C@H](C)n1ncc2c(C(=O)[C@@H](C#N)c3ccccn3)cc(C)nc21. The van der Waals surface area contributed by atoms with Crippen LogP contribution < -0.4 is 0 Å². The molecule has 0 unspecified atom stereocenters. The minimum absolute atomic E-state index is 0.178. The number of hydrogen-bond acceptors (Lipinski definition) is 5. The van der Waals surface area contributed by atoms with Crippen LogP contribution in [0.1, 0.15) is 54.0 Å². The van der Waals surface area contributed by atoms with Gasteiger partial charge in [-0.3, -0.25) is 9.78 Å². The summed E-state index contributed by atoms with van der Waals surface area (Å²) in [5.74, 6) is -1.22. The molecular weight excluding hydrogens is 314 g/mol. The lowest BCUT2D eigenvalue weighted by Gasteiger charge is -2.12. The number of nitriles is 1. The molecule has 3 heterocycles. The van der Waals surface area contributed by atoms with Crippen LogP contribution in [0, 0.1) is 18.3 Å². The van der Waals surface area contributed by atoms with Gasteiger partial charge in [-0.1, -0.05) is 13.0 Å². The van der Waals surface area contributed by atoms with Gasteiger partial charge in [-0.2, -0.15) is 10.4 Å². The molecule has 0 bridgehead atoms. The Kier molecular flexibility index (Phi) is 4.57. The molecule has 0 aliphatic heterocycles. The summed E-state index contributed by atoms with van der Waals surface area (Å²) in [4.78, 5) is 21.8. The van der Waals surface area contributed by atoms with E-state index in [1.54, 1.807) is 36.7 Å². The Morgan fingerprint density at radius 2 is 2.20 bits per heavy atom. The highest BCUT2D eigenvalue weighted by Gasteiger charge is 2.26. The Hall–Kier alpha value is -3.07. The third kappa shape index (κ3) is 3.01. The first-order valence-electron chi connectivity index (χ1n) is 8.26. The molecule has 6 heteroatoms. The summed E-state index contributed by atoms with van der Waals surface area (Å²) in [7, 11) is 0. The van der Waals surface area contributed by atoms with Crippen LogP contribution in [0.5, 0.6) is 0 Å². The first-order valence-corrected chi connectivity index (χ1v) is 8.26. The standard InChI is InChI=1S/C19H19N5O/c1-4-13(3)24-19-16(11-22-24)14(9-12(2)23-19)18(25)15(10-20)17-7-5-6-8-21-17/h5-9,11,13,15H,4H2,1-3H3/t13-,15-/m0/s1. The molecule has 2 atom stereocenters. The Morgan fingerprint density at radius 1 is 1.40 bits per heavy atom. The van der Waals surface area contributed by atoms with E-state index in [0.29, 0.717) is 22.3 Å². The zero-order valence-corrected chi connectivity index (χ0v) is 14.5. The molecule has 0 aliphatic carbocycles. The minimum atomic E-state index is -0.946. The van der Waals surface area contributed by atoms with Gasteiger partial charge in [0.25, 0.3) is 0 Å². The van der Waals surface area contributed by atoms with Crippen molar-refractivity contribution >= 4 is 16.8 Å². The normalized spacial score (nSPS) is 13.4. The molecular formula is C19H19N5O. The average molecular weight is 333 g/mol. The molecule has 126 valence electrons. The van der Waals surface area contributed by atoms with Crippen molar-refractivity contribution in [1.82, 2.24) is 19.7 Å². The van der Waals surface area contributed by atoms with Crippen LogP contribution in [0.2, 0.25) is 0 Å². The number of fused-ring (bicyclic) bond motifs is 1. The summed E-state index contributed by atoms with van der Waals surface area (Å²) < 4.78 is 1.83. The van der Waals surface area contributed by atoms with Crippen molar-refractivity contribution in [3.8, 4) is 6.07 Å². The van der Waals surface area contributed by atoms with Crippen LogP contribution >= 0.6 is 0 Å². The lowest BCUT2D eigenvalue weighted by Crippen LogP contribution is -2.14. The number of rotatable bonds is 5. The van der Waals surface area contributed by atoms with E-state index < -0.39 is 5.92 Å². The third-order valence-electron chi connectivity index (χ3n) is 4.34. The first kappa shape index (κ1) is 16.8. The molecule has 0 aromatic carbocycles. The molecule has 0 radical (unpaired) electrons. The molecule has 0 spiro atoms. The lowest BCUT2D eigenvalue weighted by atomic mass is 9.94. The van der Waals surface area contributed by atoms with Gasteiger partial charge in [-0.15, -0.1) is 0 Å². The fraction of sp³-hybridized carbons (Fsp3) is 0.316. The molecule has 0 saturated heterocycles. The first-order chi connectivity index (χ1) is 12.1. The second-order valence-corrected chi connectivity index (χ2v) is 6.08. The highest BCUT2D eigenvalue weighted by Crippen LogP contribution is 2.26. The fourth-order valence-electron chi connectivity index (χ4n) is 2.80. The van der Waals surface area contributed by atoms with Crippen LogP contribution in [0.3, 0.4) is 0 Å². The smallest absolute Gasteiger partial charge is 0.186 e. The number of pyridine rings is 2. The summed E-state index contributed by atoms with van der Waals surface area (Å²) >= 11 is 0. The maximum atomic E-state index is 13.1. The maximum absolute atomic E-state index is 13.1. The molecule has 3 rings (SSSR count). The largest absolute Gasteiger partial charge is 0.292 e. The van der Waals surface area contributed by atoms with Crippen molar-refractivity contribution in [2.75, 3.05) is 0 Å². The Labute approximate surface area is 146 Å². The van der Waals surface area contributed by atoms with Crippen molar-refractivity contribution in [2.24, 2.45) is 0 Å². The predicted molar refractivity (Wildman–Crippen MR) is 94.2 cm³/mol. The van der Waals surface area contributed by atoms with Crippen molar-refractivity contribution < 1.29 is 4.79 Å². The molecule has 0 aliphatic rings. The van der Waals surface area contributed by atoms with Gasteiger partial charge in [0.05, 0.1) is 24.0 Å². The number of aryl methyl sites for hydroxylation is 1. The monoisotopic (exact) mass is 333 g/mol. The minimum Gasteiger partial charge on any atom is -0.292 e. The maximum Gasteiger partial charge on any atom is 0.186 e. The topological polar surface area (TPSA) is 84.5 Å². The molecule has 0 fully saturated rings. The Morgan fingerprint density at radius 3 is 2.84 bits per heavy atom. The van der Waals surface area contributed by atoms with E-state index in [9.17, 15) is 10.1 Å². The Balaban J connectivity index is 2.13. The molecule has 25 heavy (non-hydrogen) atoms. The van der Waals surface area contributed by atoms with Crippen LogP contribution in [0.25, 0.3) is 11.0 Å². The van der Waals surface area contributed by atoms with E-state index in [2.05, 4.69) is 35.0 Å². The molecule has 3 aromatic heterocycles. The summed E-state index contributed by atoms with van der Waals surface area (Å²) in [5.41, 5.74) is 2.32. The summed E-state index contributed by atoms with van der Waals surface area (Å²) in [6, 6.07) is 9.21. The Bertz CT molecular complexity index is 955. The van der Waals surface area contributed by atoms with E-state index in [-0.39, 0.29) is 11.8 Å². The van der Waals surface area contributed by atoms with Gasteiger partial charge in [0.1, 0.15) is 0 Å². The van der Waals surface area contributed by atoms with Crippen molar-refractivity contribution in [3.05, 3.63) is 53.6 Å². The van der Waals surface area contributed by atoms with Crippen LogP contribution in [-0.4, -0.2) is 25.5 Å². The van der Waals surface area contributed by atoms with Crippen LogP contribution in [0.15, 0.2) is 36.7 Å². The summed E-state index contributed by atoms with van der Waals surface area (Å²) in [5, 5.41) is 14.6. The lowest BCUT2D eigenvalue weighted by molar-refractivity contribution is 0.0979. The van der Waals surface area contributed by atoms with E-state index in [0.717, 1.165) is 12.1 Å². The average Bonchev–Trinajstić information content (AvgIpc) is 3.05. The van der Waals surface area contributed by atoms with Crippen LogP contribution in [0.4, 0.5) is 0 Å². The van der Waals surface area contributed by atoms with Gasteiger partial charge >= 0.3 is 0 Å². The van der Waals surface area contributed by atoms with E-state index in [1.807, 2.05) is 11.6 Å². The molecule has 0 N–H and O–H groups in total. The molecule has 0 saturated carbocycles. The summed E-state index contributed by atoms with van der Waals surface area (Å²) in [6.45, 7) is 5.98. The number of carbonyl (C=O) groups excluding carboxylic acids is 1. The number of carbonyl (C=O) groups is 1. The van der Waals surface area contributed by atoms with Gasteiger partial charge < -0.3 is 0 Å². The second kappa shape index (κ2) is 6.81. The van der Waals surface area contributed by atoms with Gasteiger partial charge in [-0.25, -0.2) is 9.67 Å². The van der Waals surface area contributed by atoms with Crippen molar-refractivity contribution in [3.63, 3.8) is 0 Å². The molecule has 6 nitrogen and oxygen atoms in total. The number of ketones is 1. The number of hydrogen-bond donors (Lipinski definition) is 0. The van der Waals surface area contributed by atoms with E-state index in [4.69, 9.17) is 0 Å². The zero-order valence-electron chi connectivity index (χ0n) is 14.5. The zero-order chi connectivity index (χ0) is 18.0. The van der Waals surface area contributed by atoms with Gasteiger partial charge in [0, 0.05) is 22.8 Å². The van der Waals surface area contributed by atoms with Gasteiger partial charge in [-0.05, 0) is 38.5 Å². The highest BCUT2D eigenvalue weighted by molar-refractivity contribution is 6.10. The fourth-order valence-corrected chi connectivity index (χ4v) is 2.80. The van der Waals surface area contributed by atoms with Gasteiger partial charge in [0.15, 0.2) is 17.3 Å². The quantitative estimate of drug-likeness (QED) is 0.666. The van der Waals surface area contributed by atoms with Crippen molar-refractivity contribution in [1.29, 1.82) is 5.26 Å². The summed E-state index contributed by atoms with van der Waals surface area (Å²) in [6.07, 6.45) is 4.15. The number of aromatic nitrogens is 4. The number of nitrogens with zero attached hydrogens (tertiary/aromatic N) is 5. The molecule has 3 aromatic rings. The number of Topliss-reactive ketones (excluding diaryl/α,β-unsaturated/α-hetero) is 1. The van der Waals surface area contributed by atoms with E-state index in [1.165, 1.54) is 0 Å². The molecule has 0 amide bonds. The third-order valence-corrected chi connectivity index (χ3v) is 4.34. The van der Waals surface area contributed by atoms with Crippen molar-refractivity contribution in [2.45, 2.75) is 39.2 Å². The van der Waals surface area contributed by atoms with Gasteiger partial charge in [0.2, 0.25) is 0 Å². The predicted octanol–water partition coefficient (Wildman–Crippen LogP) is 3.60. The second-order valence-electron chi connectivity index (χ2n) is 6.08.